The Labute approximate surface area is 208 Å². The highest BCUT2D eigenvalue weighted by Crippen LogP contribution is 2.32. The first-order valence-corrected chi connectivity index (χ1v) is 12.2. The summed E-state index contributed by atoms with van der Waals surface area (Å²) in [6, 6.07) is 15.0. The maximum atomic E-state index is 12.8. The quantitative estimate of drug-likeness (QED) is 0.435. The van der Waals surface area contributed by atoms with Crippen LogP contribution in [-0.4, -0.2) is 52.3 Å². The van der Waals surface area contributed by atoms with Crippen LogP contribution in [0.1, 0.15) is 28.9 Å². The highest BCUT2D eigenvalue weighted by Gasteiger charge is 2.20. The Balaban J connectivity index is 1.35. The molecule has 1 aliphatic heterocycles. The summed E-state index contributed by atoms with van der Waals surface area (Å²) in [5.74, 6) is 0.349. The molecule has 2 aromatic carbocycles. The van der Waals surface area contributed by atoms with Gasteiger partial charge in [-0.25, -0.2) is 0 Å². The Morgan fingerprint density at radius 3 is 2.74 bits per heavy atom. The zero-order chi connectivity index (χ0) is 24.5. The minimum atomic E-state index is -0.158. The van der Waals surface area contributed by atoms with Gasteiger partial charge in [0.25, 0.3) is 11.5 Å². The van der Waals surface area contributed by atoms with Gasteiger partial charge in [0.2, 0.25) is 0 Å². The second-order valence-electron chi connectivity index (χ2n) is 9.32. The Morgan fingerprint density at radius 1 is 1.17 bits per heavy atom. The number of halogens is 1. The van der Waals surface area contributed by atoms with Gasteiger partial charge in [0.1, 0.15) is 0 Å². The Bertz CT molecular complexity index is 1450. The Hall–Kier alpha value is -3.42. The van der Waals surface area contributed by atoms with Gasteiger partial charge in [0.15, 0.2) is 5.69 Å². The summed E-state index contributed by atoms with van der Waals surface area (Å²) in [5, 5.41) is 11.6. The van der Waals surface area contributed by atoms with E-state index in [2.05, 4.69) is 27.5 Å². The van der Waals surface area contributed by atoms with Crippen molar-refractivity contribution in [3.8, 4) is 16.8 Å². The zero-order valence-corrected chi connectivity index (χ0v) is 20.6. The third-order valence-electron chi connectivity index (χ3n) is 6.85. The van der Waals surface area contributed by atoms with Gasteiger partial charge in [0, 0.05) is 29.3 Å². The zero-order valence-electron chi connectivity index (χ0n) is 19.8. The normalized spacial score (nSPS) is 14.9. The van der Waals surface area contributed by atoms with Gasteiger partial charge >= 0.3 is 0 Å². The van der Waals surface area contributed by atoms with E-state index < -0.39 is 0 Å². The van der Waals surface area contributed by atoms with Crippen molar-refractivity contribution < 1.29 is 4.79 Å². The molecule has 0 bridgehead atoms. The number of fused-ring (bicyclic) bond motifs is 1. The Kier molecular flexibility index (Phi) is 6.45. The minimum Gasteiger partial charge on any atom is -0.350 e. The molecule has 0 radical (unpaired) electrons. The average Bonchev–Trinajstić information content (AvgIpc) is 3.28. The summed E-state index contributed by atoms with van der Waals surface area (Å²) < 4.78 is 1.58. The number of amides is 1. The first-order chi connectivity index (χ1) is 16.9. The van der Waals surface area contributed by atoms with Gasteiger partial charge in [-0.2, -0.15) is 5.10 Å². The van der Waals surface area contributed by atoms with Gasteiger partial charge in [-0.1, -0.05) is 29.8 Å². The second-order valence-corrected chi connectivity index (χ2v) is 9.73. The molecule has 5 rings (SSSR count). The molecular weight excluding hydrogens is 462 g/mol. The van der Waals surface area contributed by atoms with Crippen LogP contribution in [-0.2, 0) is 0 Å². The summed E-state index contributed by atoms with van der Waals surface area (Å²) in [6.07, 6.45) is 3.93. The van der Waals surface area contributed by atoms with Crippen LogP contribution in [0.15, 0.2) is 59.5 Å². The lowest BCUT2D eigenvalue weighted by Gasteiger charge is -2.28. The van der Waals surface area contributed by atoms with Gasteiger partial charge in [-0.05, 0) is 81.7 Å². The van der Waals surface area contributed by atoms with Crippen molar-refractivity contribution in [3.63, 3.8) is 0 Å². The number of aromatic amines is 1. The van der Waals surface area contributed by atoms with Crippen LogP contribution in [0.2, 0.25) is 5.02 Å². The number of aromatic nitrogens is 3. The number of carbonyl (C=O) groups is 1. The molecule has 1 amide bonds. The van der Waals surface area contributed by atoms with E-state index in [0.717, 1.165) is 48.0 Å². The standard InChI is InChI=1S/C27H28ClN5O2/c1-17-4-3-11-33(27(17)35)20-6-8-21(23(28)15-20)19-5-7-22-24(14-19)30-31-25(22)26(34)29-16-18-9-12-32(2)13-10-18/h3-8,11,14-15,18H,9-10,12-13,16H2,1-2H3,(H,29,34)(H,30,31). The lowest BCUT2D eigenvalue weighted by Crippen LogP contribution is -2.37. The molecule has 2 N–H and O–H groups in total. The van der Waals surface area contributed by atoms with E-state index in [0.29, 0.717) is 34.4 Å². The molecule has 4 aromatic rings. The molecule has 180 valence electrons. The van der Waals surface area contributed by atoms with Crippen LogP contribution in [0.3, 0.4) is 0 Å². The topological polar surface area (TPSA) is 83.0 Å². The Morgan fingerprint density at radius 2 is 1.97 bits per heavy atom. The van der Waals surface area contributed by atoms with Gasteiger partial charge in [-0.3, -0.25) is 19.3 Å². The number of nitrogens with zero attached hydrogens (tertiary/aromatic N) is 3. The molecule has 1 saturated heterocycles. The molecule has 7 nitrogen and oxygen atoms in total. The molecule has 0 atom stereocenters. The maximum absolute atomic E-state index is 12.8. The molecule has 2 aromatic heterocycles. The summed E-state index contributed by atoms with van der Waals surface area (Å²) >= 11 is 6.63. The molecule has 3 heterocycles. The minimum absolute atomic E-state index is 0.0724. The van der Waals surface area contributed by atoms with E-state index in [1.54, 1.807) is 29.8 Å². The average molecular weight is 490 g/mol. The number of hydrogen-bond donors (Lipinski definition) is 2. The van der Waals surface area contributed by atoms with Gasteiger partial charge < -0.3 is 10.2 Å². The van der Waals surface area contributed by atoms with Crippen molar-refractivity contribution in [3.05, 3.63) is 81.4 Å². The molecule has 0 spiro atoms. The molecule has 0 unspecified atom stereocenters. The van der Waals surface area contributed by atoms with Crippen molar-refractivity contribution in [1.82, 2.24) is 25.0 Å². The predicted molar refractivity (Wildman–Crippen MR) is 139 cm³/mol. The number of carbonyl (C=O) groups excluding carboxylic acids is 1. The summed E-state index contributed by atoms with van der Waals surface area (Å²) in [7, 11) is 2.13. The molecule has 35 heavy (non-hydrogen) atoms. The fourth-order valence-corrected chi connectivity index (χ4v) is 4.92. The van der Waals surface area contributed by atoms with Crippen LogP contribution < -0.4 is 10.9 Å². The summed E-state index contributed by atoms with van der Waals surface area (Å²) in [6.45, 7) is 4.60. The van der Waals surface area contributed by atoms with Crippen molar-refractivity contribution in [2.24, 2.45) is 5.92 Å². The number of rotatable bonds is 5. The lowest BCUT2D eigenvalue weighted by molar-refractivity contribution is 0.0935. The molecule has 0 saturated carbocycles. The van der Waals surface area contributed by atoms with E-state index in [9.17, 15) is 9.59 Å². The van der Waals surface area contributed by atoms with Crippen molar-refractivity contribution in [2.45, 2.75) is 19.8 Å². The van der Waals surface area contributed by atoms with Crippen molar-refractivity contribution >= 4 is 28.4 Å². The van der Waals surface area contributed by atoms with Crippen molar-refractivity contribution in [1.29, 1.82) is 0 Å². The van der Waals surface area contributed by atoms with E-state index in [-0.39, 0.29) is 11.5 Å². The van der Waals surface area contributed by atoms with Crippen LogP contribution in [0.4, 0.5) is 0 Å². The molecular formula is C27H28ClN5O2. The van der Waals surface area contributed by atoms with Crippen LogP contribution in [0, 0.1) is 12.8 Å². The van der Waals surface area contributed by atoms with Crippen molar-refractivity contribution in [2.75, 3.05) is 26.7 Å². The number of pyridine rings is 1. The molecule has 0 aliphatic carbocycles. The first kappa shape index (κ1) is 23.3. The number of benzene rings is 2. The first-order valence-electron chi connectivity index (χ1n) is 11.8. The molecule has 8 heteroatoms. The number of nitrogens with one attached hydrogen (secondary N) is 2. The number of likely N-dealkylation sites (tertiary alicyclic amines) is 1. The molecule has 1 aliphatic rings. The largest absolute Gasteiger partial charge is 0.350 e. The summed E-state index contributed by atoms with van der Waals surface area (Å²) in [5.41, 5.74) is 4.20. The smallest absolute Gasteiger partial charge is 0.272 e. The van der Waals surface area contributed by atoms with Crippen LogP contribution in [0.25, 0.3) is 27.7 Å². The highest BCUT2D eigenvalue weighted by atomic mass is 35.5. The number of piperidine rings is 1. The van der Waals surface area contributed by atoms with Crippen LogP contribution in [0.5, 0.6) is 0 Å². The SMILES string of the molecule is Cc1cccn(-c2ccc(-c3ccc4c(C(=O)NCC5CCN(C)CC5)n[nH]c4c3)c(Cl)c2)c1=O. The highest BCUT2D eigenvalue weighted by molar-refractivity contribution is 6.33. The monoisotopic (exact) mass is 489 g/mol. The maximum Gasteiger partial charge on any atom is 0.272 e. The van der Waals surface area contributed by atoms with Crippen LogP contribution >= 0.6 is 11.6 Å². The third-order valence-corrected chi connectivity index (χ3v) is 7.16. The van der Waals surface area contributed by atoms with E-state index in [1.165, 1.54) is 0 Å². The summed E-state index contributed by atoms with van der Waals surface area (Å²) in [4.78, 5) is 27.6. The van der Waals surface area contributed by atoms with E-state index in [1.807, 2.05) is 36.4 Å². The third kappa shape index (κ3) is 4.74. The lowest BCUT2D eigenvalue weighted by atomic mass is 9.97. The number of aryl methyl sites for hydroxylation is 1. The van der Waals surface area contributed by atoms with Gasteiger partial charge in [-0.15, -0.1) is 0 Å². The molecule has 1 fully saturated rings. The van der Waals surface area contributed by atoms with E-state index >= 15 is 0 Å². The number of H-pyrrole nitrogens is 1. The number of hydrogen-bond acceptors (Lipinski definition) is 4. The fraction of sp³-hybridized carbons (Fsp3) is 0.296. The predicted octanol–water partition coefficient (Wildman–Crippen LogP) is 4.41. The fourth-order valence-electron chi connectivity index (χ4n) is 4.64. The second kappa shape index (κ2) is 9.68. The van der Waals surface area contributed by atoms with E-state index in [4.69, 9.17) is 11.6 Å². The van der Waals surface area contributed by atoms with Gasteiger partial charge in [0.05, 0.1) is 16.2 Å².